The molecule has 0 aliphatic heterocycles. The highest BCUT2D eigenvalue weighted by Crippen LogP contribution is 2.33. The summed E-state index contributed by atoms with van der Waals surface area (Å²) in [5.41, 5.74) is 4.63. The number of aromatic nitrogens is 1. The third-order valence-corrected chi connectivity index (χ3v) is 5.57. The van der Waals surface area contributed by atoms with Crippen LogP contribution in [0.15, 0.2) is 30.3 Å². The zero-order chi connectivity index (χ0) is 19.4. The summed E-state index contributed by atoms with van der Waals surface area (Å²) in [4.78, 5) is 16.5. The molecule has 0 amide bonds. The predicted molar refractivity (Wildman–Crippen MR) is 103 cm³/mol. The van der Waals surface area contributed by atoms with E-state index in [1.807, 2.05) is 18.2 Å². The third kappa shape index (κ3) is 4.86. The van der Waals surface area contributed by atoms with Crippen molar-refractivity contribution in [2.45, 2.75) is 25.7 Å². The molecule has 0 bridgehead atoms. The Morgan fingerprint density at radius 2 is 1.96 bits per heavy atom. The van der Waals surface area contributed by atoms with Crippen LogP contribution in [0.25, 0.3) is 11.1 Å². The van der Waals surface area contributed by atoms with Crippen LogP contribution in [0, 0.1) is 0 Å². The van der Waals surface area contributed by atoms with Crippen molar-refractivity contribution >= 4 is 15.8 Å². The summed E-state index contributed by atoms with van der Waals surface area (Å²) in [6.45, 7) is 0.307. The first-order chi connectivity index (χ1) is 12.9. The number of carbonyl (C=O) groups is 1. The molecule has 1 heterocycles. The predicted octanol–water partition coefficient (Wildman–Crippen LogP) is 2.84. The van der Waals surface area contributed by atoms with E-state index in [0.29, 0.717) is 24.5 Å². The quantitative estimate of drug-likeness (QED) is 0.558. The molecule has 0 radical (unpaired) electrons. The SMILES string of the molecule is COC(=O)c1ccc2c(c1)-c1ccc(OCCCS(C)(=O)=O)nc1CCC2. The van der Waals surface area contributed by atoms with E-state index in [9.17, 15) is 13.2 Å². The van der Waals surface area contributed by atoms with Crippen LogP contribution in [0.4, 0.5) is 0 Å². The molecular formula is C20H23NO5S. The molecule has 7 heteroatoms. The van der Waals surface area contributed by atoms with E-state index in [-0.39, 0.29) is 11.7 Å². The van der Waals surface area contributed by atoms with Crippen LogP contribution < -0.4 is 4.74 Å². The monoisotopic (exact) mass is 389 g/mol. The van der Waals surface area contributed by atoms with Gasteiger partial charge in [-0.3, -0.25) is 0 Å². The summed E-state index contributed by atoms with van der Waals surface area (Å²) < 4.78 is 32.8. The second kappa shape index (κ2) is 8.08. The largest absolute Gasteiger partial charge is 0.478 e. The minimum Gasteiger partial charge on any atom is -0.478 e. The summed E-state index contributed by atoms with van der Waals surface area (Å²) in [6.07, 6.45) is 4.34. The van der Waals surface area contributed by atoms with Gasteiger partial charge in [-0.1, -0.05) is 6.07 Å². The number of methoxy groups -OCH3 is 1. The maximum Gasteiger partial charge on any atom is 0.337 e. The fraction of sp³-hybridized carbons (Fsp3) is 0.400. The highest BCUT2D eigenvalue weighted by atomic mass is 32.2. The number of hydrogen-bond donors (Lipinski definition) is 0. The van der Waals surface area contributed by atoms with E-state index in [4.69, 9.17) is 9.47 Å². The van der Waals surface area contributed by atoms with E-state index in [1.54, 1.807) is 12.1 Å². The zero-order valence-electron chi connectivity index (χ0n) is 15.5. The first-order valence-corrected chi connectivity index (χ1v) is 11.0. The van der Waals surface area contributed by atoms with Gasteiger partial charge in [0.25, 0.3) is 0 Å². The van der Waals surface area contributed by atoms with Gasteiger partial charge in [0.15, 0.2) is 0 Å². The summed E-state index contributed by atoms with van der Waals surface area (Å²) in [6, 6.07) is 9.38. The molecule has 1 aliphatic carbocycles. The molecule has 6 nitrogen and oxygen atoms in total. The molecule has 27 heavy (non-hydrogen) atoms. The van der Waals surface area contributed by atoms with E-state index in [2.05, 4.69) is 4.98 Å². The summed E-state index contributed by atoms with van der Waals surface area (Å²) >= 11 is 0. The molecule has 1 aromatic heterocycles. The summed E-state index contributed by atoms with van der Waals surface area (Å²) in [5.74, 6) is 0.235. The van der Waals surface area contributed by atoms with Crippen molar-refractivity contribution in [1.29, 1.82) is 0 Å². The third-order valence-electron chi connectivity index (χ3n) is 4.54. The average Bonchev–Trinajstić information content (AvgIpc) is 2.82. The standard InChI is InChI=1S/C20H23NO5S/c1-25-20(22)15-8-7-14-5-3-6-18-16(17(14)13-15)9-10-19(21-18)26-11-4-12-27(2,23)24/h7-10,13H,3-6,11-12H2,1-2H3. The Kier molecular flexibility index (Phi) is 5.79. The Labute approximate surface area is 159 Å². The van der Waals surface area contributed by atoms with Gasteiger partial charge >= 0.3 is 5.97 Å². The minimum atomic E-state index is -2.98. The molecular weight excluding hydrogens is 366 g/mol. The van der Waals surface area contributed by atoms with Gasteiger partial charge in [0.1, 0.15) is 9.84 Å². The van der Waals surface area contributed by atoms with Crippen LogP contribution in [0.3, 0.4) is 0 Å². The Balaban J connectivity index is 1.83. The van der Waals surface area contributed by atoms with Crippen molar-refractivity contribution in [2.24, 2.45) is 0 Å². The normalized spacial score (nSPS) is 13.3. The lowest BCUT2D eigenvalue weighted by Gasteiger charge is -2.12. The van der Waals surface area contributed by atoms with Crippen LogP contribution in [0.2, 0.25) is 0 Å². The Hall–Kier alpha value is -2.41. The average molecular weight is 389 g/mol. The number of nitrogens with zero attached hydrogens (tertiary/aromatic N) is 1. The van der Waals surface area contributed by atoms with Gasteiger partial charge in [0.2, 0.25) is 5.88 Å². The number of esters is 1. The highest BCUT2D eigenvalue weighted by molar-refractivity contribution is 7.90. The van der Waals surface area contributed by atoms with Gasteiger partial charge in [-0.2, -0.15) is 0 Å². The van der Waals surface area contributed by atoms with Crippen molar-refractivity contribution in [3.63, 3.8) is 0 Å². The minimum absolute atomic E-state index is 0.0988. The molecule has 0 fully saturated rings. The number of sulfone groups is 1. The van der Waals surface area contributed by atoms with Gasteiger partial charge in [0, 0.05) is 17.9 Å². The molecule has 3 rings (SSSR count). The fourth-order valence-electron chi connectivity index (χ4n) is 3.23. The maximum absolute atomic E-state index is 11.9. The molecule has 0 unspecified atom stereocenters. The molecule has 0 saturated heterocycles. The fourth-order valence-corrected chi connectivity index (χ4v) is 3.87. The van der Waals surface area contributed by atoms with Crippen molar-refractivity contribution < 1.29 is 22.7 Å². The highest BCUT2D eigenvalue weighted by Gasteiger charge is 2.18. The van der Waals surface area contributed by atoms with Gasteiger partial charge in [-0.15, -0.1) is 0 Å². The second-order valence-corrected chi connectivity index (χ2v) is 8.95. The number of pyridine rings is 1. The number of rotatable bonds is 6. The Morgan fingerprint density at radius 1 is 1.15 bits per heavy atom. The number of ether oxygens (including phenoxy) is 2. The molecule has 0 atom stereocenters. The molecule has 0 spiro atoms. The summed E-state index contributed by atoms with van der Waals surface area (Å²) in [7, 11) is -1.61. The van der Waals surface area contributed by atoms with Gasteiger partial charge in [-0.05, 0) is 55.0 Å². The lowest BCUT2D eigenvalue weighted by molar-refractivity contribution is 0.0600. The van der Waals surface area contributed by atoms with Crippen molar-refractivity contribution in [2.75, 3.05) is 25.7 Å². The van der Waals surface area contributed by atoms with Gasteiger partial charge in [-0.25, -0.2) is 18.2 Å². The van der Waals surface area contributed by atoms with Crippen LogP contribution in [0.5, 0.6) is 5.88 Å². The maximum atomic E-state index is 11.9. The zero-order valence-corrected chi connectivity index (χ0v) is 16.3. The smallest absolute Gasteiger partial charge is 0.337 e. The number of fused-ring (bicyclic) bond motifs is 3. The first-order valence-electron chi connectivity index (χ1n) is 8.89. The van der Waals surface area contributed by atoms with E-state index in [1.165, 1.54) is 18.9 Å². The Morgan fingerprint density at radius 3 is 2.70 bits per heavy atom. The van der Waals surface area contributed by atoms with Crippen molar-refractivity contribution in [3.05, 3.63) is 47.2 Å². The lowest BCUT2D eigenvalue weighted by Crippen LogP contribution is -2.09. The molecule has 0 N–H and O–H groups in total. The molecule has 144 valence electrons. The molecule has 1 aliphatic rings. The first kappa shape index (κ1) is 19.4. The van der Waals surface area contributed by atoms with Crippen LogP contribution >= 0.6 is 0 Å². The van der Waals surface area contributed by atoms with Gasteiger partial charge < -0.3 is 9.47 Å². The van der Waals surface area contributed by atoms with Crippen molar-refractivity contribution in [1.82, 2.24) is 4.98 Å². The lowest BCUT2D eigenvalue weighted by atomic mass is 9.96. The number of benzene rings is 1. The topological polar surface area (TPSA) is 82.6 Å². The van der Waals surface area contributed by atoms with E-state index in [0.717, 1.165) is 36.1 Å². The molecule has 0 saturated carbocycles. The van der Waals surface area contributed by atoms with Gasteiger partial charge in [0.05, 0.1) is 30.7 Å². The second-order valence-electron chi connectivity index (χ2n) is 6.69. The molecule has 1 aromatic carbocycles. The number of hydrogen-bond acceptors (Lipinski definition) is 6. The number of carbonyl (C=O) groups excluding carboxylic acids is 1. The number of aryl methyl sites for hydroxylation is 2. The van der Waals surface area contributed by atoms with E-state index >= 15 is 0 Å². The van der Waals surface area contributed by atoms with Crippen LogP contribution in [0.1, 0.15) is 34.5 Å². The van der Waals surface area contributed by atoms with Crippen LogP contribution in [-0.2, 0) is 27.4 Å². The van der Waals surface area contributed by atoms with Crippen molar-refractivity contribution in [3.8, 4) is 17.0 Å². The molecule has 2 aromatic rings. The summed E-state index contributed by atoms with van der Waals surface area (Å²) in [5, 5.41) is 0. The Bertz CT molecular complexity index is 953. The van der Waals surface area contributed by atoms with Crippen LogP contribution in [-0.4, -0.2) is 45.1 Å². The van der Waals surface area contributed by atoms with E-state index < -0.39 is 9.84 Å².